The van der Waals surface area contributed by atoms with Gasteiger partial charge in [-0.2, -0.15) is 0 Å². The van der Waals surface area contributed by atoms with Gasteiger partial charge in [0.1, 0.15) is 13.2 Å². The Hall–Kier alpha value is -5.75. The molecule has 0 bridgehead atoms. The largest absolute Gasteiger partial charge is 0.462 e. The second kappa shape index (κ2) is 68.7. The van der Waals surface area contributed by atoms with Crippen LogP contribution in [0.15, 0.2) is 194 Å². The van der Waals surface area contributed by atoms with Gasteiger partial charge in [0.25, 0.3) is 0 Å². The Morgan fingerprint density at radius 2 is 0.434 bits per heavy atom. The van der Waals surface area contributed by atoms with E-state index in [0.717, 1.165) is 193 Å². The molecule has 0 saturated carbocycles. The molecule has 0 spiro atoms. The lowest BCUT2D eigenvalue weighted by Gasteiger charge is -2.18. The van der Waals surface area contributed by atoms with Crippen molar-refractivity contribution < 1.29 is 28.6 Å². The second-order valence-corrected chi connectivity index (χ2v) is 20.9. The summed E-state index contributed by atoms with van der Waals surface area (Å²) in [6.07, 6.45) is 104. The predicted octanol–water partition coefficient (Wildman–Crippen LogP) is 23.0. The molecule has 1 unspecified atom stereocenters. The van der Waals surface area contributed by atoms with Gasteiger partial charge in [-0.05, 0) is 161 Å². The van der Waals surface area contributed by atoms with Crippen molar-refractivity contribution in [1.29, 1.82) is 0 Å². The average molecular weight is 1140 g/mol. The van der Waals surface area contributed by atoms with E-state index >= 15 is 0 Å². The highest BCUT2D eigenvalue weighted by atomic mass is 16.6. The van der Waals surface area contributed by atoms with Crippen LogP contribution in [0.3, 0.4) is 0 Å². The zero-order chi connectivity index (χ0) is 59.9. The SMILES string of the molecule is CC/C=C\C/C=C\C/C=C\C/C=C\C/C=C\C/C=C\C/C=C\C/C=C\C/C=C\C/C=C\CCCCCCC(=O)OCC(COC(=O)CCCCC/C=C\C/C=C\C/C=C\CC)OC(=O)CCCCCCCCC/C=C\C/C=C\C/C=C\CC. The van der Waals surface area contributed by atoms with Gasteiger partial charge < -0.3 is 14.2 Å². The van der Waals surface area contributed by atoms with E-state index < -0.39 is 6.10 Å². The van der Waals surface area contributed by atoms with E-state index in [1.807, 2.05) is 0 Å². The van der Waals surface area contributed by atoms with E-state index in [2.05, 4.69) is 215 Å². The van der Waals surface area contributed by atoms with Crippen LogP contribution in [0.5, 0.6) is 0 Å². The third-order valence-corrected chi connectivity index (χ3v) is 13.1. The summed E-state index contributed by atoms with van der Waals surface area (Å²) in [4.78, 5) is 38.3. The van der Waals surface area contributed by atoms with Crippen LogP contribution in [-0.4, -0.2) is 37.2 Å². The van der Waals surface area contributed by atoms with Crippen LogP contribution >= 0.6 is 0 Å². The summed E-state index contributed by atoms with van der Waals surface area (Å²) < 4.78 is 16.8. The van der Waals surface area contributed by atoms with E-state index in [-0.39, 0.29) is 31.1 Å². The summed E-state index contributed by atoms with van der Waals surface area (Å²) in [7, 11) is 0. The van der Waals surface area contributed by atoms with E-state index in [1.54, 1.807) is 0 Å². The molecule has 0 aliphatic rings. The normalized spacial score (nSPS) is 13.4. The lowest BCUT2D eigenvalue weighted by molar-refractivity contribution is -0.167. The average Bonchev–Trinajstić information content (AvgIpc) is 3.49. The maximum Gasteiger partial charge on any atom is 0.306 e. The molecular weight excluding hydrogens is 1020 g/mol. The number of unbranched alkanes of at least 4 members (excludes halogenated alkanes) is 14. The zero-order valence-electron chi connectivity index (χ0n) is 52.9. The molecule has 83 heavy (non-hydrogen) atoms. The minimum atomic E-state index is -0.818. The fraction of sp³-hybridized carbons (Fsp3) is 0.545. The number of rotatable bonds is 57. The Labute approximate surface area is 509 Å². The van der Waals surface area contributed by atoms with Gasteiger partial charge in [0.15, 0.2) is 6.10 Å². The van der Waals surface area contributed by atoms with Gasteiger partial charge in [-0.3, -0.25) is 14.4 Å². The Kier molecular flexibility index (Phi) is 64.0. The molecule has 0 rings (SSSR count). The van der Waals surface area contributed by atoms with Gasteiger partial charge in [0, 0.05) is 19.3 Å². The molecule has 462 valence electrons. The van der Waals surface area contributed by atoms with Gasteiger partial charge in [-0.15, -0.1) is 0 Å². The van der Waals surface area contributed by atoms with Crippen molar-refractivity contribution in [3.05, 3.63) is 194 Å². The molecule has 0 saturated heterocycles. The van der Waals surface area contributed by atoms with E-state index in [1.165, 1.54) is 19.3 Å². The maximum atomic E-state index is 12.9. The number of allylic oxidation sites excluding steroid dienone is 32. The molecule has 0 amide bonds. The second-order valence-electron chi connectivity index (χ2n) is 20.9. The third kappa shape index (κ3) is 66.9. The predicted molar refractivity (Wildman–Crippen MR) is 361 cm³/mol. The number of hydrogen-bond donors (Lipinski definition) is 0. The van der Waals surface area contributed by atoms with Crippen LogP contribution in [0, 0.1) is 0 Å². The molecule has 0 aromatic carbocycles. The first-order chi connectivity index (χ1) is 41.0. The van der Waals surface area contributed by atoms with Crippen LogP contribution in [-0.2, 0) is 28.6 Å². The lowest BCUT2D eigenvalue weighted by Crippen LogP contribution is -2.30. The number of carbonyl (C=O) groups excluding carboxylic acids is 3. The van der Waals surface area contributed by atoms with Crippen LogP contribution in [0.25, 0.3) is 0 Å². The minimum Gasteiger partial charge on any atom is -0.462 e. The topological polar surface area (TPSA) is 78.9 Å². The van der Waals surface area contributed by atoms with Gasteiger partial charge in [-0.25, -0.2) is 0 Å². The zero-order valence-corrected chi connectivity index (χ0v) is 52.9. The van der Waals surface area contributed by atoms with Crippen LogP contribution in [0.1, 0.15) is 252 Å². The molecule has 1 atom stereocenters. The van der Waals surface area contributed by atoms with E-state index in [4.69, 9.17) is 14.2 Å². The van der Waals surface area contributed by atoms with E-state index in [0.29, 0.717) is 19.3 Å². The molecule has 6 heteroatoms. The minimum absolute atomic E-state index is 0.115. The van der Waals surface area contributed by atoms with Crippen molar-refractivity contribution in [2.45, 2.75) is 258 Å². The first-order valence-electron chi connectivity index (χ1n) is 32.9. The molecule has 0 N–H and O–H groups in total. The van der Waals surface area contributed by atoms with Crippen LogP contribution < -0.4 is 0 Å². The highest BCUT2D eigenvalue weighted by Gasteiger charge is 2.19. The fourth-order valence-corrected chi connectivity index (χ4v) is 8.26. The summed E-state index contributed by atoms with van der Waals surface area (Å²) in [6.45, 7) is 6.23. The first-order valence-corrected chi connectivity index (χ1v) is 32.9. The molecule has 0 aliphatic heterocycles. The Bertz CT molecular complexity index is 1990. The molecule has 0 heterocycles. The molecular formula is C77H118O6. The smallest absolute Gasteiger partial charge is 0.306 e. The summed E-state index contributed by atoms with van der Waals surface area (Å²) >= 11 is 0. The van der Waals surface area contributed by atoms with Crippen molar-refractivity contribution in [2.75, 3.05) is 13.2 Å². The van der Waals surface area contributed by atoms with Gasteiger partial charge in [-0.1, -0.05) is 267 Å². The van der Waals surface area contributed by atoms with Crippen molar-refractivity contribution in [2.24, 2.45) is 0 Å². The molecule has 0 aliphatic carbocycles. The highest BCUT2D eigenvalue weighted by molar-refractivity contribution is 5.71. The summed E-state index contributed by atoms with van der Waals surface area (Å²) in [5, 5.41) is 0. The van der Waals surface area contributed by atoms with Crippen LogP contribution in [0.2, 0.25) is 0 Å². The van der Waals surface area contributed by atoms with Gasteiger partial charge >= 0.3 is 17.9 Å². The molecule has 0 aromatic heterocycles. The Balaban J connectivity index is 4.38. The summed E-state index contributed by atoms with van der Waals surface area (Å²) in [5.74, 6) is -0.985. The van der Waals surface area contributed by atoms with E-state index in [9.17, 15) is 14.4 Å². The molecule has 0 aromatic rings. The fourth-order valence-electron chi connectivity index (χ4n) is 8.26. The van der Waals surface area contributed by atoms with Crippen molar-refractivity contribution in [1.82, 2.24) is 0 Å². The maximum absolute atomic E-state index is 12.9. The van der Waals surface area contributed by atoms with Crippen molar-refractivity contribution in [3.8, 4) is 0 Å². The molecule has 0 radical (unpaired) electrons. The molecule has 0 fully saturated rings. The summed E-state index contributed by atoms with van der Waals surface area (Å²) in [5.41, 5.74) is 0. The third-order valence-electron chi connectivity index (χ3n) is 13.1. The number of hydrogen-bond acceptors (Lipinski definition) is 6. The quantitative estimate of drug-likeness (QED) is 0.0261. The highest BCUT2D eigenvalue weighted by Crippen LogP contribution is 2.14. The van der Waals surface area contributed by atoms with Gasteiger partial charge in [0.05, 0.1) is 0 Å². The Morgan fingerprint density at radius 1 is 0.241 bits per heavy atom. The lowest BCUT2D eigenvalue weighted by atomic mass is 10.1. The van der Waals surface area contributed by atoms with Crippen molar-refractivity contribution in [3.63, 3.8) is 0 Å². The first kappa shape index (κ1) is 77.2. The van der Waals surface area contributed by atoms with Crippen LogP contribution in [0.4, 0.5) is 0 Å². The monoisotopic (exact) mass is 1140 g/mol. The molecule has 6 nitrogen and oxygen atoms in total. The summed E-state index contributed by atoms with van der Waals surface area (Å²) in [6, 6.07) is 0. The standard InChI is InChI=1S/C77H118O6/c1-4-7-10-13-16-19-22-25-27-29-30-31-32-33-34-35-36-37-38-39-40-41-42-43-44-45-46-48-49-52-55-58-61-64-67-70-76(79)82-73-74(72-81-75(78)69-66-63-60-57-54-51-24-21-18-15-12-9-6-3)83-77(80)71-68-65-62-59-56-53-50-47-28-26-23-20-17-14-11-8-5-2/h7-12,16-21,25-28,30-31,33-34,36-37,39-40,42-43,45-46,49,51-52,54,74H,4-6,13-15,22-24,29,32,35,38,41,44,47-48,50,53,55-73H2,1-3H3/b10-7-,11-8-,12-9-,19-16-,20-17-,21-18-,27-25-,28-26-,31-30-,34-33-,37-36-,40-39-,43-42-,46-45-,52-49-,54-51-. The number of ether oxygens (including phenoxy) is 3. The number of carbonyl (C=O) groups is 3. The van der Waals surface area contributed by atoms with Gasteiger partial charge in [0.2, 0.25) is 0 Å². The Morgan fingerprint density at radius 3 is 0.687 bits per heavy atom. The van der Waals surface area contributed by atoms with Crippen molar-refractivity contribution >= 4 is 17.9 Å². The number of esters is 3.